The Morgan fingerprint density at radius 1 is 0.933 bits per heavy atom. The first-order valence-electron chi connectivity index (χ1n) is 9.06. The molecule has 1 heterocycles. The van der Waals surface area contributed by atoms with Crippen LogP contribution in [-0.4, -0.2) is 34.5 Å². The van der Waals surface area contributed by atoms with E-state index >= 15 is 0 Å². The first-order valence-corrected chi connectivity index (χ1v) is 9.06. The molecule has 0 spiro atoms. The summed E-state index contributed by atoms with van der Waals surface area (Å²) in [6.45, 7) is -0.293. The monoisotopic (exact) mass is 405 g/mol. The number of hydrogen-bond acceptors (Lipinski definition) is 5. The van der Waals surface area contributed by atoms with E-state index in [-0.39, 0.29) is 18.1 Å². The average Bonchev–Trinajstić information content (AvgIpc) is 2.73. The molecule has 0 saturated carbocycles. The fourth-order valence-electron chi connectivity index (χ4n) is 2.83. The number of nitrogens with one attached hydrogen (secondary N) is 4. The van der Waals surface area contributed by atoms with Crippen molar-refractivity contribution < 1.29 is 9.59 Å². The Balaban J connectivity index is 1.62. The van der Waals surface area contributed by atoms with Crippen LogP contribution in [0.1, 0.15) is 22.7 Å². The molecule has 9 heteroatoms. The second-order valence-corrected chi connectivity index (χ2v) is 6.31. The molecule has 0 unspecified atom stereocenters. The molecular formula is C21H19N5O4. The molecule has 152 valence electrons. The van der Waals surface area contributed by atoms with E-state index in [0.29, 0.717) is 0 Å². The van der Waals surface area contributed by atoms with Gasteiger partial charge in [0, 0.05) is 6.07 Å². The average molecular weight is 405 g/mol. The molecule has 0 saturated heterocycles. The third kappa shape index (κ3) is 5.61. The maximum Gasteiger partial charge on any atom is 0.326 e. The highest BCUT2D eigenvalue weighted by Crippen LogP contribution is 2.24. The number of nitrogens with zero attached hydrogens (tertiary/aromatic N) is 1. The molecule has 2 aromatic carbocycles. The number of H-pyrrole nitrogens is 2. The number of hydrazone groups is 1. The Bertz CT molecular complexity index is 1090. The fraction of sp³-hybridized carbons (Fsp3) is 0.0952. The quantitative estimate of drug-likeness (QED) is 0.335. The van der Waals surface area contributed by atoms with Crippen LogP contribution in [0.5, 0.6) is 0 Å². The van der Waals surface area contributed by atoms with Gasteiger partial charge in [-0.05, 0) is 11.1 Å². The van der Waals surface area contributed by atoms with Crippen molar-refractivity contribution >= 4 is 18.0 Å². The van der Waals surface area contributed by atoms with E-state index in [1.165, 1.54) is 0 Å². The molecule has 0 fully saturated rings. The van der Waals surface area contributed by atoms with Crippen LogP contribution in [0.3, 0.4) is 0 Å². The summed E-state index contributed by atoms with van der Waals surface area (Å²) in [5, 5.41) is 6.27. The topological polar surface area (TPSA) is 136 Å². The summed E-state index contributed by atoms with van der Waals surface area (Å²) in [4.78, 5) is 51.5. The van der Waals surface area contributed by atoms with Gasteiger partial charge in [-0.1, -0.05) is 60.7 Å². The van der Waals surface area contributed by atoms with Gasteiger partial charge in [-0.15, -0.1) is 0 Å². The van der Waals surface area contributed by atoms with Crippen molar-refractivity contribution in [2.24, 2.45) is 5.10 Å². The van der Waals surface area contributed by atoms with E-state index in [1.807, 2.05) is 65.6 Å². The van der Waals surface area contributed by atoms with Crippen LogP contribution in [0.25, 0.3) is 0 Å². The molecule has 4 N–H and O–H groups in total. The van der Waals surface area contributed by atoms with Crippen molar-refractivity contribution in [3.05, 3.63) is 104 Å². The summed E-state index contributed by atoms with van der Waals surface area (Å²) >= 11 is 0. The number of benzene rings is 2. The fourth-order valence-corrected chi connectivity index (χ4v) is 2.83. The summed E-state index contributed by atoms with van der Waals surface area (Å²) < 4.78 is 0. The summed E-state index contributed by atoms with van der Waals surface area (Å²) in [5.41, 5.74) is 2.68. The second-order valence-electron chi connectivity index (χ2n) is 6.31. The van der Waals surface area contributed by atoms with Crippen LogP contribution in [0.2, 0.25) is 0 Å². The zero-order valence-corrected chi connectivity index (χ0v) is 15.8. The molecule has 0 aliphatic heterocycles. The van der Waals surface area contributed by atoms with Gasteiger partial charge in [0.25, 0.3) is 11.5 Å². The highest BCUT2D eigenvalue weighted by molar-refractivity contribution is 5.91. The van der Waals surface area contributed by atoms with Crippen LogP contribution in [0.4, 0.5) is 0 Å². The minimum Gasteiger partial charge on any atom is -0.346 e. The second kappa shape index (κ2) is 9.78. The minimum absolute atomic E-state index is 0.126. The van der Waals surface area contributed by atoms with Crippen molar-refractivity contribution in [2.75, 3.05) is 6.54 Å². The standard InChI is InChI=1S/C21H19N5O4/c27-17-11-16(24-21(30)25-17)12-23-26-18(28)13-22-20(29)19(14-7-3-1-4-8-14)15-9-5-2-6-10-15/h1-12,19H,13H2,(H,22,29)(H,26,28)(H2,24,25,27,30). The maximum absolute atomic E-state index is 12.8. The Morgan fingerprint density at radius 3 is 2.10 bits per heavy atom. The van der Waals surface area contributed by atoms with E-state index in [0.717, 1.165) is 23.4 Å². The normalized spacial score (nSPS) is 10.8. The van der Waals surface area contributed by atoms with Crippen molar-refractivity contribution in [3.8, 4) is 0 Å². The highest BCUT2D eigenvalue weighted by atomic mass is 16.2. The largest absolute Gasteiger partial charge is 0.346 e. The van der Waals surface area contributed by atoms with Gasteiger partial charge in [-0.3, -0.25) is 19.4 Å². The van der Waals surface area contributed by atoms with Crippen molar-refractivity contribution in [3.63, 3.8) is 0 Å². The zero-order valence-electron chi connectivity index (χ0n) is 15.8. The number of rotatable bonds is 7. The van der Waals surface area contributed by atoms with Gasteiger partial charge in [-0.25, -0.2) is 10.2 Å². The maximum atomic E-state index is 12.8. The SMILES string of the molecule is O=C(CNC(=O)C(c1ccccc1)c1ccccc1)NN=Cc1cc(=O)[nH]c(=O)[nH]1. The molecule has 9 nitrogen and oxygen atoms in total. The Labute approximate surface area is 170 Å². The number of carbonyl (C=O) groups is 2. The van der Waals surface area contributed by atoms with Gasteiger partial charge in [0.1, 0.15) is 0 Å². The minimum atomic E-state index is -0.685. The van der Waals surface area contributed by atoms with Gasteiger partial charge in [0.2, 0.25) is 5.91 Å². The lowest BCUT2D eigenvalue weighted by atomic mass is 9.90. The summed E-state index contributed by atoms with van der Waals surface area (Å²) in [6, 6.07) is 19.6. The first-order chi connectivity index (χ1) is 14.5. The number of aromatic amines is 2. The molecule has 1 aromatic heterocycles. The van der Waals surface area contributed by atoms with Gasteiger partial charge < -0.3 is 10.3 Å². The van der Waals surface area contributed by atoms with Gasteiger partial charge in [0.05, 0.1) is 24.4 Å². The van der Waals surface area contributed by atoms with Crippen molar-refractivity contribution in [1.82, 2.24) is 20.7 Å². The number of carbonyl (C=O) groups excluding carboxylic acids is 2. The van der Waals surface area contributed by atoms with Crippen LogP contribution < -0.4 is 22.0 Å². The molecule has 3 aromatic rings. The Morgan fingerprint density at radius 2 is 1.53 bits per heavy atom. The van der Waals surface area contributed by atoms with Crippen molar-refractivity contribution in [1.29, 1.82) is 0 Å². The molecule has 0 atom stereocenters. The molecule has 0 bridgehead atoms. The van der Waals surface area contributed by atoms with Gasteiger partial charge in [-0.2, -0.15) is 5.10 Å². The van der Waals surface area contributed by atoms with Gasteiger partial charge >= 0.3 is 5.69 Å². The smallest absolute Gasteiger partial charge is 0.326 e. The van der Waals surface area contributed by atoms with Gasteiger partial charge in [0.15, 0.2) is 0 Å². The first kappa shape index (κ1) is 20.5. The van der Waals surface area contributed by atoms with E-state index in [1.54, 1.807) is 0 Å². The summed E-state index contributed by atoms with van der Waals surface area (Å²) in [6.07, 6.45) is 1.12. The van der Waals surface area contributed by atoms with Crippen LogP contribution in [0.15, 0.2) is 81.4 Å². The lowest BCUT2D eigenvalue weighted by Gasteiger charge is -2.17. The highest BCUT2D eigenvalue weighted by Gasteiger charge is 2.22. The lowest BCUT2D eigenvalue weighted by molar-refractivity contribution is -0.126. The summed E-state index contributed by atoms with van der Waals surface area (Å²) in [5.74, 6) is -1.46. The van der Waals surface area contributed by atoms with Crippen LogP contribution >= 0.6 is 0 Å². The molecule has 0 aliphatic rings. The molecule has 0 radical (unpaired) electrons. The molecule has 2 amide bonds. The molecular weight excluding hydrogens is 386 g/mol. The third-order valence-corrected chi connectivity index (χ3v) is 4.13. The zero-order chi connectivity index (χ0) is 21.3. The van der Waals surface area contributed by atoms with E-state index in [2.05, 4.69) is 20.8 Å². The molecule has 3 rings (SSSR count). The third-order valence-electron chi connectivity index (χ3n) is 4.13. The molecule has 30 heavy (non-hydrogen) atoms. The lowest BCUT2D eigenvalue weighted by Crippen LogP contribution is -2.37. The number of amides is 2. The van der Waals surface area contributed by atoms with E-state index in [4.69, 9.17) is 0 Å². The predicted molar refractivity (Wildman–Crippen MR) is 111 cm³/mol. The van der Waals surface area contributed by atoms with Crippen LogP contribution in [-0.2, 0) is 9.59 Å². The van der Waals surface area contributed by atoms with E-state index < -0.39 is 23.1 Å². The van der Waals surface area contributed by atoms with E-state index in [9.17, 15) is 19.2 Å². The van der Waals surface area contributed by atoms with Crippen LogP contribution in [0, 0.1) is 0 Å². The Kier molecular flexibility index (Phi) is 6.67. The summed E-state index contributed by atoms with van der Waals surface area (Å²) in [7, 11) is 0. The number of hydrogen-bond donors (Lipinski definition) is 4. The number of aromatic nitrogens is 2. The Hall–Kier alpha value is -4.27. The van der Waals surface area contributed by atoms with Crippen molar-refractivity contribution in [2.45, 2.75) is 5.92 Å². The molecule has 0 aliphatic carbocycles. The predicted octanol–water partition coefficient (Wildman–Crippen LogP) is 0.462.